The van der Waals surface area contributed by atoms with Crippen molar-refractivity contribution in [2.24, 2.45) is 0 Å². The molecule has 7 nitrogen and oxygen atoms in total. The summed E-state index contributed by atoms with van der Waals surface area (Å²) in [5.41, 5.74) is 0.987. The van der Waals surface area contributed by atoms with Crippen molar-refractivity contribution in [2.75, 3.05) is 18.0 Å². The van der Waals surface area contributed by atoms with Crippen molar-refractivity contribution in [3.63, 3.8) is 0 Å². The summed E-state index contributed by atoms with van der Waals surface area (Å²) in [6.45, 7) is 1.71. The minimum absolute atomic E-state index is 0.417. The highest BCUT2D eigenvalue weighted by Crippen LogP contribution is 2.28. The van der Waals surface area contributed by atoms with E-state index in [1.54, 1.807) is 6.20 Å². The third kappa shape index (κ3) is 1.05. The third-order valence-corrected chi connectivity index (χ3v) is 2.35. The standard InChI is InChI=1S/C7H8N6O/c1-6(10-12-8-1)5-2-13(3-5)7-11-9-4-14-7/h1,4-5H,2-3H2,(H,8,10,12). The predicted octanol–water partition coefficient (Wildman–Crippen LogP) is -0.209. The molecule has 3 rings (SSSR count). The van der Waals surface area contributed by atoms with Gasteiger partial charge in [0.15, 0.2) is 0 Å². The van der Waals surface area contributed by atoms with E-state index in [1.807, 2.05) is 4.90 Å². The summed E-state index contributed by atoms with van der Waals surface area (Å²) < 4.78 is 5.06. The molecule has 2 aromatic rings. The van der Waals surface area contributed by atoms with E-state index in [4.69, 9.17) is 4.42 Å². The van der Waals surface area contributed by atoms with Gasteiger partial charge in [-0.2, -0.15) is 15.4 Å². The maximum Gasteiger partial charge on any atom is 0.317 e. The second-order valence-electron chi connectivity index (χ2n) is 3.22. The molecule has 1 saturated heterocycles. The summed E-state index contributed by atoms with van der Waals surface area (Å²) in [5.74, 6) is 0.417. The van der Waals surface area contributed by atoms with Crippen molar-refractivity contribution in [2.45, 2.75) is 5.92 Å². The van der Waals surface area contributed by atoms with Crippen molar-refractivity contribution in [1.82, 2.24) is 25.6 Å². The summed E-state index contributed by atoms with van der Waals surface area (Å²) in [4.78, 5) is 2.01. The van der Waals surface area contributed by atoms with Gasteiger partial charge in [0.05, 0.1) is 11.9 Å². The Morgan fingerprint density at radius 1 is 1.50 bits per heavy atom. The van der Waals surface area contributed by atoms with Crippen LogP contribution < -0.4 is 4.90 Å². The Morgan fingerprint density at radius 2 is 2.43 bits per heavy atom. The second kappa shape index (κ2) is 2.79. The average molecular weight is 192 g/mol. The lowest BCUT2D eigenvalue weighted by atomic mass is 9.98. The van der Waals surface area contributed by atoms with Crippen molar-refractivity contribution < 1.29 is 4.42 Å². The van der Waals surface area contributed by atoms with Crippen molar-refractivity contribution in [1.29, 1.82) is 0 Å². The van der Waals surface area contributed by atoms with Gasteiger partial charge in [-0.05, 0) is 0 Å². The van der Waals surface area contributed by atoms with Crippen LogP contribution in [0.1, 0.15) is 11.6 Å². The van der Waals surface area contributed by atoms with Gasteiger partial charge in [0.25, 0.3) is 0 Å². The molecule has 0 bridgehead atoms. The molecule has 0 spiro atoms. The van der Waals surface area contributed by atoms with Crippen LogP contribution in [0.3, 0.4) is 0 Å². The molecule has 1 aliphatic rings. The van der Waals surface area contributed by atoms with Gasteiger partial charge >= 0.3 is 6.01 Å². The van der Waals surface area contributed by atoms with E-state index in [1.165, 1.54) is 6.39 Å². The van der Waals surface area contributed by atoms with Crippen LogP contribution in [0.25, 0.3) is 0 Å². The molecule has 1 fully saturated rings. The van der Waals surface area contributed by atoms with E-state index in [-0.39, 0.29) is 0 Å². The highest BCUT2D eigenvalue weighted by molar-refractivity contribution is 5.33. The summed E-state index contributed by atoms with van der Waals surface area (Å²) in [7, 11) is 0. The van der Waals surface area contributed by atoms with Crippen LogP contribution in [0.15, 0.2) is 17.0 Å². The Balaban J connectivity index is 1.67. The Labute approximate surface area is 79.1 Å². The van der Waals surface area contributed by atoms with Crippen LogP contribution in [0.4, 0.5) is 6.01 Å². The van der Waals surface area contributed by atoms with E-state index in [9.17, 15) is 0 Å². The molecule has 3 heterocycles. The summed E-state index contributed by atoms with van der Waals surface area (Å²) in [5, 5.41) is 17.8. The van der Waals surface area contributed by atoms with E-state index in [0.29, 0.717) is 11.9 Å². The molecular weight excluding hydrogens is 184 g/mol. The first kappa shape index (κ1) is 7.48. The Morgan fingerprint density at radius 3 is 3.07 bits per heavy atom. The summed E-state index contributed by atoms with van der Waals surface area (Å²) >= 11 is 0. The number of nitrogens with zero attached hydrogens (tertiary/aromatic N) is 5. The molecule has 14 heavy (non-hydrogen) atoms. The predicted molar refractivity (Wildman–Crippen MR) is 45.6 cm³/mol. The maximum absolute atomic E-state index is 5.06. The molecule has 1 N–H and O–H groups in total. The van der Waals surface area contributed by atoms with E-state index < -0.39 is 0 Å². The number of rotatable bonds is 2. The molecular formula is C7H8N6O. The zero-order valence-electron chi connectivity index (χ0n) is 7.29. The Kier molecular flexibility index (Phi) is 1.49. The van der Waals surface area contributed by atoms with Crippen LogP contribution in [0.2, 0.25) is 0 Å². The van der Waals surface area contributed by atoms with E-state index >= 15 is 0 Å². The van der Waals surface area contributed by atoms with Crippen molar-refractivity contribution in [3.05, 3.63) is 18.3 Å². The molecule has 72 valence electrons. The molecule has 7 heteroatoms. The lowest BCUT2D eigenvalue weighted by Crippen LogP contribution is -2.45. The van der Waals surface area contributed by atoms with Gasteiger partial charge in [-0.1, -0.05) is 5.10 Å². The highest BCUT2D eigenvalue weighted by atomic mass is 16.4. The molecule has 0 amide bonds. The quantitative estimate of drug-likeness (QED) is 0.708. The summed E-state index contributed by atoms with van der Waals surface area (Å²) in [6, 6.07) is 0.574. The minimum Gasteiger partial charge on any atom is -0.411 e. The number of H-pyrrole nitrogens is 1. The minimum atomic E-state index is 0.417. The van der Waals surface area contributed by atoms with Crippen LogP contribution in [-0.4, -0.2) is 38.7 Å². The van der Waals surface area contributed by atoms with Crippen LogP contribution in [-0.2, 0) is 0 Å². The maximum atomic E-state index is 5.06. The van der Waals surface area contributed by atoms with Gasteiger partial charge in [-0.25, -0.2) is 0 Å². The number of anilines is 1. The van der Waals surface area contributed by atoms with Crippen LogP contribution in [0.5, 0.6) is 0 Å². The van der Waals surface area contributed by atoms with Gasteiger partial charge in [0, 0.05) is 19.0 Å². The van der Waals surface area contributed by atoms with Gasteiger partial charge in [-0.3, -0.25) is 0 Å². The van der Waals surface area contributed by atoms with Gasteiger partial charge in [-0.15, -0.1) is 5.10 Å². The first-order chi connectivity index (χ1) is 6.93. The first-order valence-corrected chi connectivity index (χ1v) is 4.30. The zero-order valence-corrected chi connectivity index (χ0v) is 7.29. The van der Waals surface area contributed by atoms with Gasteiger partial charge < -0.3 is 9.32 Å². The number of hydrogen-bond acceptors (Lipinski definition) is 6. The molecule has 0 atom stereocenters. The van der Waals surface area contributed by atoms with E-state index in [0.717, 1.165) is 18.8 Å². The summed E-state index contributed by atoms with van der Waals surface area (Å²) in [6.07, 6.45) is 3.08. The van der Waals surface area contributed by atoms with E-state index in [2.05, 4.69) is 25.6 Å². The van der Waals surface area contributed by atoms with Crippen molar-refractivity contribution >= 4 is 6.01 Å². The second-order valence-corrected chi connectivity index (χ2v) is 3.22. The number of aromatic amines is 1. The van der Waals surface area contributed by atoms with Crippen LogP contribution >= 0.6 is 0 Å². The fraction of sp³-hybridized carbons (Fsp3) is 0.429. The molecule has 0 unspecified atom stereocenters. The number of hydrogen-bond donors (Lipinski definition) is 1. The third-order valence-electron chi connectivity index (χ3n) is 2.35. The molecule has 0 aromatic carbocycles. The monoisotopic (exact) mass is 192 g/mol. The largest absolute Gasteiger partial charge is 0.411 e. The number of aromatic nitrogens is 5. The van der Waals surface area contributed by atoms with Gasteiger partial charge in [0.1, 0.15) is 0 Å². The Hall–Kier alpha value is -1.92. The number of nitrogens with one attached hydrogen (secondary N) is 1. The fourth-order valence-electron chi connectivity index (χ4n) is 1.53. The SMILES string of the molecule is c1nnc(N2CC(c3cn[nH]n3)C2)o1. The molecule has 0 aliphatic carbocycles. The topological polar surface area (TPSA) is 83.7 Å². The molecule has 0 saturated carbocycles. The first-order valence-electron chi connectivity index (χ1n) is 4.30. The lowest BCUT2D eigenvalue weighted by molar-refractivity contribution is 0.445. The van der Waals surface area contributed by atoms with Crippen molar-refractivity contribution in [3.8, 4) is 0 Å². The van der Waals surface area contributed by atoms with Gasteiger partial charge in [0.2, 0.25) is 6.39 Å². The smallest absolute Gasteiger partial charge is 0.317 e. The molecule has 0 radical (unpaired) electrons. The zero-order chi connectivity index (χ0) is 9.38. The highest BCUT2D eigenvalue weighted by Gasteiger charge is 2.32. The molecule has 1 aliphatic heterocycles. The van der Waals surface area contributed by atoms with Crippen LogP contribution in [0, 0.1) is 0 Å². The molecule has 2 aromatic heterocycles. The fourth-order valence-corrected chi connectivity index (χ4v) is 1.53. The average Bonchev–Trinajstić information content (AvgIpc) is 2.71. The Bertz CT molecular complexity index is 352. The normalized spacial score (nSPS) is 17.0. The lowest BCUT2D eigenvalue weighted by Gasteiger charge is -2.36.